The fourth-order valence-electron chi connectivity index (χ4n) is 2.43. The average Bonchev–Trinajstić information content (AvgIpc) is 3.24. The molecule has 0 aromatic carbocycles. The summed E-state index contributed by atoms with van der Waals surface area (Å²) in [6.45, 7) is 2.26. The molecule has 0 aliphatic heterocycles. The Morgan fingerprint density at radius 3 is 2.89 bits per heavy atom. The van der Waals surface area contributed by atoms with Crippen LogP contribution in [0.1, 0.15) is 12.7 Å². The van der Waals surface area contributed by atoms with Crippen molar-refractivity contribution in [1.29, 1.82) is 0 Å². The molecule has 3 aromatic heterocycles. The van der Waals surface area contributed by atoms with Gasteiger partial charge in [0.05, 0.1) is 6.07 Å². The van der Waals surface area contributed by atoms with Crippen molar-refractivity contribution in [2.24, 2.45) is 12.1 Å². The molecule has 3 heterocycles. The van der Waals surface area contributed by atoms with Gasteiger partial charge in [-0.15, -0.1) is 0 Å². The Bertz CT molecular complexity index is 1180. The highest BCUT2D eigenvalue weighted by molar-refractivity contribution is 5.78. The van der Waals surface area contributed by atoms with E-state index in [4.69, 9.17) is 4.42 Å². The summed E-state index contributed by atoms with van der Waals surface area (Å²) in [5.74, 6) is 0.241. The Hall–Kier alpha value is -3.96. The SMILES string of the molecule is CCn1c(NN=CC=Cc2ccc([N+](=O)[O-])o2)nc2c1c(=O)[nH]c(=O)n2C. The molecule has 0 bridgehead atoms. The van der Waals surface area contributed by atoms with Crippen molar-refractivity contribution in [3.8, 4) is 0 Å². The maximum atomic E-state index is 12.1. The molecular weight excluding hydrogens is 358 g/mol. The minimum absolute atomic E-state index is 0.238. The highest BCUT2D eigenvalue weighted by Gasteiger charge is 2.15. The van der Waals surface area contributed by atoms with Crippen LogP contribution < -0.4 is 16.7 Å². The van der Waals surface area contributed by atoms with Crippen molar-refractivity contribution in [1.82, 2.24) is 19.1 Å². The van der Waals surface area contributed by atoms with Crippen molar-refractivity contribution in [2.45, 2.75) is 13.5 Å². The van der Waals surface area contributed by atoms with Crippen LogP contribution in [0.2, 0.25) is 0 Å². The van der Waals surface area contributed by atoms with Crippen LogP contribution in [0.4, 0.5) is 11.8 Å². The third-order valence-corrected chi connectivity index (χ3v) is 3.70. The molecule has 0 unspecified atom stereocenters. The van der Waals surface area contributed by atoms with Crippen molar-refractivity contribution < 1.29 is 9.34 Å². The maximum Gasteiger partial charge on any atom is 0.433 e. The molecule has 0 radical (unpaired) electrons. The van der Waals surface area contributed by atoms with Crippen LogP contribution in [-0.2, 0) is 13.6 Å². The van der Waals surface area contributed by atoms with Gasteiger partial charge < -0.3 is 8.98 Å². The maximum absolute atomic E-state index is 12.1. The van der Waals surface area contributed by atoms with Gasteiger partial charge in [-0.3, -0.25) is 24.5 Å². The minimum Gasteiger partial charge on any atom is -0.401 e. The van der Waals surface area contributed by atoms with Gasteiger partial charge in [0.1, 0.15) is 10.7 Å². The quantitative estimate of drug-likeness (QED) is 0.372. The van der Waals surface area contributed by atoms with E-state index in [1.165, 1.54) is 42.1 Å². The lowest BCUT2D eigenvalue weighted by molar-refractivity contribution is -0.402. The summed E-state index contributed by atoms with van der Waals surface area (Å²) in [4.78, 5) is 40.1. The summed E-state index contributed by atoms with van der Waals surface area (Å²) < 4.78 is 7.79. The molecule has 2 N–H and O–H groups in total. The molecule has 140 valence electrons. The zero-order valence-electron chi connectivity index (χ0n) is 14.4. The van der Waals surface area contributed by atoms with E-state index in [-0.39, 0.29) is 23.0 Å². The number of hydrazone groups is 1. The summed E-state index contributed by atoms with van der Waals surface area (Å²) in [6.07, 6.45) is 4.39. The van der Waals surface area contributed by atoms with Gasteiger partial charge in [0, 0.05) is 19.8 Å². The molecule has 0 atom stereocenters. The van der Waals surface area contributed by atoms with E-state index < -0.39 is 16.2 Å². The first kappa shape index (κ1) is 17.8. The van der Waals surface area contributed by atoms with Gasteiger partial charge in [0.25, 0.3) is 5.56 Å². The van der Waals surface area contributed by atoms with Crippen LogP contribution in [0.25, 0.3) is 17.2 Å². The summed E-state index contributed by atoms with van der Waals surface area (Å²) in [5.41, 5.74) is 2.11. The molecule has 12 heteroatoms. The van der Waals surface area contributed by atoms with Gasteiger partial charge in [-0.25, -0.2) is 10.2 Å². The summed E-state index contributed by atoms with van der Waals surface area (Å²) in [6, 6.07) is 2.71. The van der Waals surface area contributed by atoms with Crippen LogP contribution >= 0.6 is 0 Å². The van der Waals surface area contributed by atoms with Gasteiger partial charge in [-0.2, -0.15) is 10.1 Å². The fraction of sp³-hybridized carbons (Fsp3) is 0.200. The number of nitro groups is 1. The fourth-order valence-corrected chi connectivity index (χ4v) is 2.43. The van der Waals surface area contributed by atoms with Gasteiger partial charge in [0.15, 0.2) is 11.2 Å². The number of H-pyrrole nitrogens is 1. The molecule has 0 saturated carbocycles. The van der Waals surface area contributed by atoms with Gasteiger partial charge >= 0.3 is 11.6 Å². The van der Waals surface area contributed by atoms with Crippen LogP contribution in [0.5, 0.6) is 0 Å². The second-order valence-corrected chi connectivity index (χ2v) is 5.35. The normalized spacial score (nSPS) is 11.8. The third-order valence-electron chi connectivity index (χ3n) is 3.70. The minimum atomic E-state index is -0.628. The van der Waals surface area contributed by atoms with E-state index >= 15 is 0 Å². The largest absolute Gasteiger partial charge is 0.433 e. The first-order chi connectivity index (χ1) is 12.9. The predicted molar refractivity (Wildman–Crippen MR) is 97.8 cm³/mol. The number of imidazole rings is 1. The highest BCUT2D eigenvalue weighted by Crippen LogP contribution is 2.16. The lowest BCUT2D eigenvalue weighted by Crippen LogP contribution is -2.29. The van der Waals surface area contributed by atoms with Gasteiger partial charge in [-0.05, 0) is 25.1 Å². The summed E-state index contributed by atoms with van der Waals surface area (Å²) >= 11 is 0. The Labute approximate surface area is 150 Å². The summed E-state index contributed by atoms with van der Waals surface area (Å²) in [5, 5.41) is 14.5. The van der Waals surface area contributed by atoms with Crippen LogP contribution in [-0.4, -0.2) is 30.2 Å². The van der Waals surface area contributed by atoms with Crippen LogP contribution in [0.15, 0.2) is 37.3 Å². The number of anilines is 1. The van der Waals surface area contributed by atoms with Crippen LogP contribution in [0, 0.1) is 10.1 Å². The van der Waals surface area contributed by atoms with E-state index in [0.29, 0.717) is 12.3 Å². The highest BCUT2D eigenvalue weighted by atomic mass is 16.6. The van der Waals surface area contributed by atoms with E-state index in [1.807, 2.05) is 6.92 Å². The first-order valence-electron chi connectivity index (χ1n) is 7.82. The third kappa shape index (κ3) is 3.40. The number of aromatic nitrogens is 4. The van der Waals surface area contributed by atoms with E-state index in [0.717, 1.165) is 0 Å². The van der Waals surface area contributed by atoms with Gasteiger partial charge in [0.2, 0.25) is 5.95 Å². The van der Waals surface area contributed by atoms with Crippen molar-refractivity contribution in [3.63, 3.8) is 0 Å². The molecule has 3 rings (SSSR count). The number of furan rings is 1. The zero-order chi connectivity index (χ0) is 19.6. The number of hydrogen-bond donors (Lipinski definition) is 2. The van der Waals surface area contributed by atoms with Crippen molar-refractivity contribution in [2.75, 3.05) is 5.43 Å². The second-order valence-electron chi connectivity index (χ2n) is 5.35. The number of nitrogens with one attached hydrogen (secondary N) is 2. The van der Waals surface area contributed by atoms with Crippen molar-refractivity contribution in [3.05, 3.63) is 54.9 Å². The number of allylic oxidation sites excluding steroid dienone is 1. The molecule has 0 aliphatic rings. The smallest absolute Gasteiger partial charge is 0.401 e. The molecular formula is C15H15N7O5. The number of aryl methyl sites for hydroxylation is 2. The number of hydrogen-bond acceptors (Lipinski definition) is 8. The molecule has 0 aliphatic carbocycles. The van der Waals surface area contributed by atoms with Crippen molar-refractivity contribution >= 4 is 35.3 Å². The lowest BCUT2D eigenvalue weighted by atomic mass is 10.4. The molecule has 12 nitrogen and oxygen atoms in total. The average molecular weight is 373 g/mol. The number of aromatic amines is 1. The number of rotatable bonds is 6. The Morgan fingerprint density at radius 1 is 1.44 bits per heavy atom. The molecule has 0 amide bonds. The monoisotopic (exact) mass is 373 g/mol. The standard InChI is InChI=1S/C15H15N7O5/c1-3-21-11-12(20(2)15(24)18-13(11)23)17-14(21)19-16-8-4-5-9-6-7-10(27-9)22(25)26/h4-8H,3H2,1-2H3,(H,17,19)(H,18,23,24). The Morgan fingerprint density at radius 2 is 2.22 bits per heavy atom. The zero-order valence-corrected chi connectivity index (χ0v) is 14.4. The Kier molecular flexibility index (Phi) is 4.70. The van der Waals surface area contributed by atoms with E-state index in [1.54, 1.807) is 4.57 Å². The molecule has 0 fully saturated rings. The topological polar surface area (TPSA) is 153 Å². The number of fused-ring (bicyclic) bond motifs is 1. The van der Waals surface area contributed by atoms with E-state index in [2.05, 4.69) is 20.5 Å². The molecule has 3 aromatic rings. The molecule has 0 saturated heterocycles. The molecule has 0 spiro atoms. The Balaban J connectivity index is 1.81. The van der Waals surface area contributed by atoms with E-state index in [9.17, 15) is 19.7 Å². The summed E-state index contributed by atoms with van der Waals surface area (Å²) in [7, 11) is 1.51. The lowest BCUT2D eigenvalue weighted by Gasteiger charge is -2.03. The van der Waals surface area contributed by atoms with Crippen LogP contribution in [0.3, 0.4) is 0 Å². The molecule has 27 heavy (non-hydrogen) atoms. The first-order valence-corrected chi connectivity index (χ1v) is 7.82. The number of nitrogens with zero attached hydrogens (tertiary/aromatic N) is 5. The second kappa shape index (κ2) is 7.11. The predicted octanol–water partition coefficient (Wildman–Crippen LogP) is 1.06. The van der Waals surface area contributed by atoms with Gasteiger partial charge in [-0.1, -0.05) is 0 Å².